The molecule has 1 amide bonds. The lowest BCUT2D eigenvalue weighted by Gasteiger charge is -2.34. The van der Waals surface area contributed by atoms with E-state index in [0.29, 0.717) is 5.75 Å². The smallest absolute Gasteiger partial charge is 0.233 e. The first-order valence-corrected chi connectivity index (χ1v) is 9.40. The molecule has 1 fully saturated rings. The number of carbonyl (C=O) groups excluding carboxylic acids is 1. The Hall–Kier alpha value is -2.05. The van der Waals surface area contributed by atoms with Crippen molar-refractivity contribution in [3.8, 4) is 5.75 Å². The Kier molecular flexibility index (Phi) is 6.30. The fourth-order valence-electron chi connectivity index (χ4n) is 2.80. The summed E-state index contributed by atoms with van der Waals surface area (Å²) in [4.78, 5) is 22.2. The summed E-state index contributed by atoms with van der Waals surface area (Å²) in [6, 6.07) is 13.8. The molecule has 0 saturated carbocycles. The van der Waals surface area contributed by atoms with Gasteiger partial charge in [-0.3, -0.25) is 14.7 Å². The van der Waals surface area contributed by atoms with Crippen LogP contribution in [-0.4, -0.2) is 59.7 Å². The van der Waals surface area contributed by atoms with Gasteiger partial charge in [-0.1, -0.05) is 12.1 Å². The highest BCUT2D eigenvalue weighted by Crippen LogP contribution is 2.23. The first-order chi connectivity index (χ1) is 12.2. The Bertz CT molecular complexity index is 688. The number of benzene rings is 1. The monoisotopic (exact) mass is 357 g/mol. The van der Waals surface area contributed by atoms with Gasteiger partial charge in [0.1, 0.15) is 5.75 Å². The molecule has 0 N–H and O–H groups in total. The molecular formula is C19H23N3O2S. The highest BCUT2D eigenvalue weighted by Gasteiger charge is 2.21. The average Bonchev–Trinajstić information content (AvgIpc) is 2.67. The number of amides is 1. The highest BCUT2D eigenvalue weighted by molar-refractivity contribution is 8.00. The number of thioether (sulfide) groups is 1. The van der Waals surface area contributed by atoms with Crippen LogP contribution in [0.4, 0.5) is 0 Å². The van der Waals surface area contributed by atoms with Crippen LogP contribution >= 0.6 is 11.8 Å². The molecule has 0 spiro atoms. The maximum atomic E-state index is 12.4. The number of aromatic nitrogens is 1. The van der Waals surface area contributed by atoms with Gasteiger partial charge in [0.05, 0.1) is 18.6 Å². The number of rotatable bonds is 6. The lowest BCUT2D eigenvalue weighted by molar-refractivity contribution is -0.130. The lowest BCUT2D eigenvalue weighted by Crippen LogP contribution is -2.48. The van der Waals surface area contributed by atoms with E-state index in [4.69, 9.17) is 4.74 Å². The van der Waals surface area contributed by atoms with Gasteiger partial charge in [-0.15, -0.1) is 11.8 Å². The third-order valence-electron chi connectivity index (χ3n) is 4.24. The fourth-order valence-corrected chi connectivity index (χ4v) is 3.65. The van der Waals surface area contributed by atoms with Crippen LogP contribution in [0.3, 0.4) is 0 Å². The minimum absolute atomic E-state index is 0.199. The maximum Gasteiger partial charge on any atom is 0.233 e. The fraction of sp³-hybridized carbons (Fsp3) is 0.368. The minimum Gasteiger partial charge on any atom is -0.497 e. The van der Waals surface area contributed by atoms with E-state index in [1.165, 1.54) is 0 Å². The number of carbonyl (C=O) groups is 1. The third-order valence-corrected chi connectivity index (χ3v) is 5.22. The predicted octanol–water partition coefficient (Wildman–Crippen LogP) is 2.53. The number of methoxy groups -OCH3 is 1. The van der Waals surface area contributed by atoms with Crippen LogP contribution in [-0.2, 0) is 11.3 Å². The van der Waals surface area contributed by atoms with Crippen molar-refractivity contribution in [2.75, 3.05) is 39.0 Å². The SMILES string of the molecule is COc1cccc(SCC(=O)N2CCN(Cc3ccccn3)CC2)c1. The maximum absolute atomic E-state index is 12.4. The van der Waals surface area contributed by atoms with Crippen molar-refractivity contribution in [2.45, 2.75) is 11.4 Å². The van der Waals surface area contributed by atoms with Crippen LogP contribution in [0.25, 0.3) is 0 Å². The molecule has 0 atom stereocenters. The van der Waals surface area contributed by atoms with Gasteiger partial charge in [0, 0.05) is 43.8 Å². The molecule has 25 heavy (non-hydrogen) atoms. The van der Waals surface area contributed by atoms with Crippen LogP contribution in [0, 0.1) is 0 Å². The quantitative estimate of drug-likeness (QED) is 0.744. The molecule has 0 bridgehead atoms. The Morgan fingerprint density at radius 1 is 1.16 bits per heavy atom. The summed E-state index contributed by atoms with van der Waals surface area (Å²) < 4.78 is 5.22. The second-order valence-corrected chi connectivity index (χ2v) is 6.99. The molecular weight excluding hydrogens is 334 g/mol. The first kappa shape index (κ1) is 17.8. The van der Waals surface area contributed by atoms with Crippen LogP contribution in [0.15, 0.2) is 53.6 Å². The van der Waals surface area contributed by atoms with E-state index in [1.807, 2.05) is 53.6 Å². The summed E-state index contributed by atoms with van der Waals surface area (Å²) in [5, 5.41) is 0. The van der Waals surface area contributed by atoms with E-state index in [-0.39, 0.29) is 5.91 Å². The molecule has 1 aromatic carbocycles. The molecule has 1 aliphatic rings. The van der Waals surface area contributed by atoms with Gasteiger partial charge >= 0.3 is 0 Å². The molecule has 132 valence electrons. The molecule has 0 aliphatic carbocycles. The van der Waals surface area contributed by atoms with Crippen molar-refractivity contribution < 1.29 is 9.53 Å². The van der Waals surface area contributed by atoms with Gasteiger partial charge in [0.15, 0.2) is 0 Å². The van der Waals surface area contributed by atoms with Crippen molar-refractivity contribution in [2.24, 2.45) is 0 Å². The number of nitrogens with zero attached hydrogens (tertiary/aromatic N) is 3. The number of hydrogen-bond acceptors (Lipinski definition) is 5. The zero-order valence-electron chi connectivity index (χ0n) is 14.4. The molecule has 1 aromatic heterocycles. The van der Waals surface area contributed by atoms with Crippen LogP contribution < -0.4 is 4.74 Å². The van der Waals surface area contributed by atoms with E-state index in [9.17, 15) is 4.79 Å². The summed E-state index contributed by atoms with van der Waals surface area (Å²) in [5.74, 6) is 1.49. The standard InChI is InChI=1S/C19H23N3O2S/c1-24-17-6-4-7-18(13-17)25-15-19(23)22-11-9-21(10-12-22)14-16-5-2-3-8-20-16/h2-8,13H,9-12,14-15H2,1H3. The van der Waals surface area contributed by atoms with Gasteiger partial charge in [-0.25, -0.2) is 0 Å². The number of ether oxygens (including phenoxy) is 1. The van der Waals surface area contributed by atoms with Crippen molar-refractivity contribution in [3.05, 3.63) is 54.4 Å². The van der Waals surface area contributed by atoms with Crippen molar-refractivity contribution in [1.82, 2.24) is 14.8 Å². The summed E-state index contributed by atoms with van der Waals surface area (Å²) in [6.07, 6.45) is 1.82. The molecule has 3 rings (SSSR count). The Balaban J connectivity index is 1.43. The lowest BCUT2D eigenvalue weighted by atomic mass is 10.2. The van der Waals surface area contributed by atoms with Gasteiger partial charge in [-0.2, -0.15) is 0 Å². The second kappa shape index (κ2) is 8.87. The molecule has 1 aliphatic heterocycles. The van der Waals surface area contributed by atoms with Crippen LogP contribution in [0.2, 0.25) is 0 Å². The van der Waals surface area contributed by atoms with Crippen molar-refractivity contribution >= 4 is 17.7 Å². The number of hydrogen-bond donors (Lipinski definition) is 0. The second-order valence-electron chi connectivity index (χ2n) is 5.95. The molecule has 6 heteroatoms. The molecule has 0 radical (unpaired) electrons. The Labute approximate surface area is 153 Å². The Morgan fingerprint density at radius 3 is 2.72 bits per heavy atom. The van der Waals surface area contributed by atoms with Gasteiger partial charge in [0.2, 0.25) is 5.91 Å². The van der Waals surface area contributed by atoms with Gasteiger partial charge in [0.25, 0.3) is 0 Å². The van der Waals surface area contributed by atoms with E-state index in [0.717, 1.165) is 49.1 Å². The average molecular weight is 357 g/mol. The largest absolute Gasteiger partial charge is 0.497 e. The van der Waals surface area contributed by atoms with Crippen molar-refractivity contribution in [1.29, 1.82) is 0 Å². The molecule has 1 saturated heterocycles. The number of piperazine rings is 1. The third kappa shape index (κ3) is 5.21. The minimum atomic E-state index is 0.199. The summed E-state index contributed by atoms with van der Waals surface area (Å²) in [7, 11) is 1.65. The van der Waals surface area contributed by atoms with E-state index < -0.39 is 0 Å². The van der Waals surface area contributed by atoms with Crippen LogP contribution in [0.1, 0.15) is 5.69 Å². The molecule has 2 heterocycles. The Morgan fingerprint density at radius 2 is 2.00 bits per heavy atom. The molecule has 2 aromatic rings. The summed E-state index contributed by atoms with van der Waals surface area (Å²) in [6.45, 7) is 4.20. The van der Waals surface area contributed by atoms with E-state index >= 15 is 0 Å². The van der Waals surface area contributed by atoms with Crippen LogP contribution in [0.5, 0.6) is 5.75 Å². The van der Waals surface area contributed by atoms with Gasteiger partial charge < -0.3 is 9.64 Å². The van der Waals surface area contributed by atoms with Crippen molar-refractivity contribution in [3.63, 3.8) is 0 Å². The summed E-state index contributed by atoms with van der Waals surface area (Å²) in [5.41, 5.74) is 1.08. The van der Waals surface area contributed by atoms with E-state index in [2.05, 4.69) is 9.88 Å². The topological polar surface area (TPSA) is 45.7 Å². The zero-order chi connectivity index (χ0) is 17.5. The molecule has 0 unspecified atom stereocenters. The first-order valence-electron chi connectivity index (χ1n) is 8.41. The summed E-state index contributed by atoms with van der Waals surface area (Å²) >= 11 is 1.56. The normalized spacial score (nSPS) is 15.2. The molecule has 5 nitrogen and oxygen atoms in total. The van der Waals surface area contributed by atoms with E-state index in [1.54, 1.807) is 18.9 Å². The predicted molar refractivity (Wildman–Crippen MR) is 99.8 cm³/mol. The zero-order valence-corrected chi connectivity index (χ0v) is 15.2. The highest BCUT2D eigenvalue weighted by atomic mass is 32.2. The number of pyridine rings is 1. The van der Waals surface area contributed by atoms with Gasteiger partial charge in [-0.05, 0) is 30.3 Å².